The average molecular weight is 656 g/mol. The van der Waals surface area contributed by atoms with Crippen molar-refractivity contribution in [3.05, 3.63) is 59.2 Å². The van der Waals surface area contributed by atoms with Crippen molar-refractivity contribution in [2.24, 2.45) is 40.2 Å². The van der Waals surface area contributed by atoms with Gasteiger partial charge in [-0.15, -0.1) is 0 Å². The number of fused-ring (bicyclic) bond motifs is 7. The first-order valence-corrected chi connectivity index (χ1v) is 18.3. The number of ketones is 2. The molecule has 6 aliphatic rings. The van der Waals surface area contributed by atoms with Gasteiger partial charge in [0.05, 0.1) is 12.2 Å². The molecule has 0 aromatic heterocycles. The van der Waals surface area contributed by atoms with Crippen molar-refractivity contribution in [2.75, 3.05) is 6.61 Å². The number of phosphoric acid groups is 1. The maximum absolute atomic E-state index is 14.2. The second-order valence-electron chi connectivity index (χ2n) is 15.2. The Bertz CT molecular complexity index is 1500. The number of rotatable bonds is 7. The Morgan fingerprint density at radius 2 is 1.83 bits per heavy atom. The highest BCUT2D eigenvalue weighted by Crippen LogP contribution is 2.70. The number of carbonyl (C=O) groups is 2. The quantitative estimate of drug-likeness (QED) is 0.308. The first-order valence-electron chi connectivity index (χ1n) is 16.8. The van der Waals surface area contributed by atoms with Crippen molar-refractivity contribution in [3.8, 4) is 0 Å². The summed E-state index contributed by atoms with van der Waals surface area (Å²) in [5, 5.41) is 11.9. The number of hydrogen-bond donors (Lipinski definition) is 4. The molecule has 1 heterocycles. The molecule has 4 saturated carbocycles. The van der Waals surface area contributed by atoms with E-state index in [1.807, 2.05) is 25.1 Å². The monoisotopic (exact) mass is 655 g/mol. The Labute approximate surface area is 270 Å². The van der Waals surface area contributed by atoms with E-state index in [0.29, 0.717) is 24.8 Å². The van der Waals surface area contributed by atoms with Crippen molar-refractivity contribution in [3.63, 3.8) is 0 Å². The third-order valence-electron chi connectivity index (χ3n) is 12.7. The Morgan fingerprint density at radius 1 is 1.11 bits per heavy atom. The molecule has 1 aliphatic heterocycles. The second-order valence-corrected chi connectivity index (χ2v) is 16.4. The molecule has 0 unspecified atom stereocenters. The molecule has 1 saturated heterocycles. The summed E-state index contributed by atoms with van der Waals surface area (Å²) in [6.07, 6.45) is 10.4. The predicted octanol–water partition coefficient (Wildman–Crippen LogP) is 4.47. The first-order chi connectivity index (χ1) is 21.7. The van der Waals surface area contributed by atoms with Gasteiger partial charge in [-0.05, 0) is 93.3 Å². The van der Waals surface area contributed by atoms with Gasteiger partial charge in [-0.2, -0.15) is 0 Å². The summed E-state index contributed by atoms with van der Waals surface area (Å²) >= 11 is 0. The van der Waals surface area contributed by atoms with Crippen molar-refractivity contribution in [1.29, 1.82) is 0 Å². The summed E-state index contributed by atoms with van der Waals surface area (Å²) in [5.41, 5.74) is 6.16. The lowest BCUT2D eigenvalue weighted by Gasteiger charge is -2.59. The SMILES string of the molecule is C[C@]12C=CC(=O)C=C1CC[C@@H]1[C@@H]2[C@@H](O)C[C@@]2(C)[C@H]1C[C@H]1O[C@@H](c3ccc(CC4CCC(N)CC4)cc3)O[C@]12C(=O)COP(=O)(O)O. The predicted molar refractivity (Wildman–Crippen MR) is 168 cm³/mol. The summed E-state index contributed by atoms with van der Waals surface area (Å²) in [5.74, 6) is -0.221. The highest BCUT2D eigenvalue weighted by molar-refractivity contribution is 7.46. The van der Waals surface area contributed by atoms with E-state index in [-0.39, 0.29) is 30.0 Å². The van der Waals surface area contributed by atoms with Crippen LogP contribution in [0.4, 0.5) is 0 Å². The third-order valence-corrected chi connectivity index (χ3v) is 13.1. The van der Waals surface area contributed by atoms with Gasteiger partial charge in [-0.3, -0.25) is 14.1 Å². The number of phosphoric ester groups is 1. The van der Waals surface area contributed by atoms with Crippen LogP contribution in [0.25, 0.3) is 0 Å². The van der Waals surface area contributed by atoms with E-state index in [1.54, 1.807) is 12.2 Å². The Hall–Kier alpha value is -2.01. The number of hydrogen-bond acceptors (Lipinski definition) is 8. The molecule has 5 aliphatic carbocycles. The molecule has 11 heteroatoms. The molecule has 46 heavy (non-hydrogen) atoms. The molecule has 1 aromatic rings. The van der Waals surface area contributed by atoms with Gasteiger partial charge in [0.1, 0.15) is 6.61 Å². The minimum atomic E-state index is -4.94. The molecule has 5 N–H and O–H groups in total. The molecular weight excluding hydrogens is 609 g/mol. The number of Topliss-reactive ketones (excluding diaryl/α,β-unsaturated/α-hetero) is 1. The largest absolute Gasteiger partial charge is 0.470 e. The maximum Gasteiger partial charge on any atom is 0.470 e. The lowest BCUT2D eigenvalue weighted by atomic mass is 9.46. The van der Waals surface area contributed by atoms with Gasteiger partial charge < -0.3 is 30.1 Å². The fourth-order valence-electron chi connectivity index (χ4n) is 10.5. The van der Waals surface area contributed by atoms with E-state index in [0.717, 1.165) is 49.7 Å². The van der Waals surface area contributed by atoms with E-state index in [2.05, 4.69) is 19.1 Å². The standard InChI is InChI=1S/C35H46NO9P/c1-33-14-13-25(37)16-23(33)9-12-26-27-17-30-35(29(39)19-43-46(40,41)42,34(27,2)18-28(38)31(26)33)45-32(44-30)22-7-3-20(4-8-22)15-21-5-10-24(36)11-6-21/h3-4,7-8,13-14,16,21,24,26-28,30-32,38H,5-6,9-12,15,17-19,36H2,1-2H3,(H2,40,41,42)/t21?,24?,26-,27-,28-,30+,31+,32+,33-,34-,35+/m0/s1. The Balaban J connectivity index is 1.18. The van der Waals surface area contributed by atoms with Crippen LogP contribution < -0.4 is 5.73 Å². The smallest absolute Gasteiger partial charge is 0.393 e. The van der Waals surface area contributed by atoms with Gasteiger partial charge >= 0.3 is 7.82 Å². The van der Waals surface area contributed by atoms with Crippen LogP contribution in [0.5, 0.6) is 0 Å². The van der Waals surface area contributed by atoms with Crippen LogP contribution in [-0.2, 0) is 34.6 Å². The minimum absolute atomic E-state index is 0.0194. The molecule has 5 fully saturated rings. The molecule has 0 radical (unpaired) electrons. The lowest BCUT2D eigenvalue weighted by molar-refractivity contribution is -0.200. The summed E-state index contributed by atoms with van der Waals surface area (Å²) in [6, 6.07) is 8.40. The summed E-state index contributed by atoms with van der Waals surface area (Å²) in [4.78, 5) is 45.4. The van der Waals surface area contributed by atoms with Gasteiger partial charge in [-0.25, -0.2) is 4.57 Å². The molecule has 0 bridgehead atoms. The van der Waals surface area contributed by atoms with Crippen LogP contribution in [0.3, 0.4) is 0 Å². The van der Waals surface area contributed by atoms with Crippen LogP contribution >= 0.6 is 7.82 Å². The molecule has 9 atom stereocenters. The van der Waals surface area contributed by atoms with E-state index >= 15 is 0 Å². The Morgan fingerprint density at radius 3 is 2.52 bits per heavy atom. The highest BCUT2D eigenvalue weighted by Gasteiger charge is 2.76. The molecular formula is C35H46NO9P. The third kappa shape index (κ3) is 5.24. The van der Waals surface area contributed by atoms with E-state index in [9.17, 15) is 29.0 Å². The molecule has 0 amide bonds. The molecule has 7 rings (SSSR count). The van der Waals surface area contributed by atoms with Crippen molar-refractivity contribution >= 4 is 19.4 Å². The van der Waals surface area contributed by atoms with Crippen LogP contribution in [0.2, 0.25) is 0 Å². The van der Waals surface area contributed by atoms with Gasteiger partial charge in [0, 0.05) is 28.4 Å². The zero-order valence-electron chi connectivity index (χ0n) is 26.5. The number of nitrogens with two attached hydrogens (primary N) is 1. The van der Waals surface area contributed by atoms with E-state index in [1.165, 1.54) is 5.56 Å². The van der Waals surface area contributed by atoms with Crippen LogP contribution in [0, 0.1) is 34.5 Å². The van der Waals surface area contributed by atoms with Crippen molar-refractivity contribution in [1.82, 2.24) is 0 Å². The normalized spacial score (nSPS) is 43.3. The van der Waals surface area contributed by atoms with Gasteiger partial charge in [0.15, 0.2) is 23.5 Å². The topological polar surface area (TPSA) is 166 Å². The summed E-state index contributed by atoms with van der Waals surface area (Å²) in [7, 11) is -4.94. The summed E-state index contributed by atoms with van der Waals surface area (Å²) < 4.78 is 29.8. The number of carbonyl (C=O) groups excluding carboxylic acids is 2. The molecule has 10 nitrogen and oxygen atoms in total. The van der Waals surface area contributed by atoms with Crippen LogP contribution in [0.1, 0.15) is 82.6 Å². The highest BCUT2D eigenvalue weighted by atomic mass is 31.2. The van der Waals surface area contributed by atoms with Crippen LogP contribution in [-0.4, -0.2) is 56.9 Å². The first kappa shape index (κ1) is 32.5. The molecule has 0 spiro atoms. The number of aliphatic hydroxyl groups is 1. The van der Waals surface area contributed by atoms with E-state index < -0.39 is 55.1 Å². The molecule has 1 aromatic carbocycles. The maximum atomic E-state index is 14.2. The van der Waals surface area contributed by atoms with Crippen molar-refractivity contribution in [2.45, 2.75) is 102 Å². The Kier molecular flexibility index (Phi) is 8.17. The lowest BCUT2D eigenvalue weighted by Crippen LogP contribution is -2.63. The second kappa shape index (κ2) is 11.6. The summed E-state index contributed by atoms with van der Waals surface area (Å²) in [6.45, 7) is 3.22. The van der Waals surface area contributed by atoms with Gasteiger partial charge in [0.25, 0.3) is 0 Å². The van der Waals surface area contributed by atoms with Crippen LogP contribution in [0.15, 0.2) is 48.1 Å². The fraction of sp³-hybridized carbons (Fsp3) is 0.657. The number of benzene rings is 1. The number of aliphatic hydroxyl groups excluding tert-OH is 1. The number of allylic oxidation sites excluding steroid dienone is 4. The molecule has 250 valence electrons. The average Bonchev–Trinajstić information content (AvgIpc) is 3.50. The van der Waals surface area contributed by atoms with Crippen molar-refractivity contribution < 1.29 is 43.0 Å². The number of ether oxygens (including phenoxy) is 2. The zero-order valence-corrected chi connectivity index (χ0v) is 27.4. The van der Waals surface area contributed by atoms with Gasteiger partial charge in [0.2, 0.25) is 0 Å². The van der Waals surface area contributed by atoms with Gasteiger partial charge in [-0.1, -0.05) is 49.8 Å². The van der Waals surface area contributed by atoms with E-state index in [4.69, 9.17) is 19.7 Å². The minimum Gasteiger partial charge on any atom is -0.393 e. The zero-order chi connectivity index (χ0) is 32.6. The fourth-order valence-corrected chi connectivity index (χ4v) is 10.8.